The highest BCUT2D eigenvalue weighted by Crippen LogP contribution is 2.35. The first-order chi connectivity index (χ1) is 15.9. The van der Waals surface area contributed by atoms with Crippen molar-refractivity contribution in [2.45, 2.75) is 19.0 Å². The van der Waals surface area contributed by atoms with E-state index in [1.165, 1.54) is 5.56 Å². The molecule has 0 bridgehead atoms. The molecule has 2 N–H and O–H groups in total. The smallest absolute Gasteiger partial charge is 0.239 e. The second-order valence-corrected chi connectivity index (χ2v) is 10.2. The van der Waals surface area contributed by atoms with E-state index >= 15 is 0 Å². The molecule has 4 rings (SSSR count). The molecular weight excluding hydrogens is 477 g/mol. The number of carbonyl (C=O) groups is 1. The summed E-state index contributed by atoms with van der Waals surface area (Å²) in [5, 5.41) is 1.22. The van der Waals surface area contributed by atoms with Crippen LogP contribution in [0.5, 0.6) is 5.75 Å². The van der Waals surface area contributed by atoms with E-state index in [4.69, 9.17) is 33.7 Å². The maximum Gasteiger partial charge on any atom is 0.239 e. The van der Waals surface area contributed by atoms with E-state index in [2.05, 4.69) is 17.0 Å². The summed E-state index contributed by atoms with van der Waals surface area (Å²) in [6.07, 6.45) is 0.515. The van der Waals surface area contributed by atoms with Crippen LogP contribution in [0.25, 0.3) is 10.4 Å². The number of piperazine rings is 1. The number of halogens is 2. The van der Waals surface area contributed by atoms with E-state index in [0.29, 0.717) is 29.6 Å². The Morgan fingerprint density at radius 1 is 1.06 bits per heavy atom. The van der Waals surface area contributed by atoms with Gasteiger partial charge >= 0.3 is 0 Å². The molecule has 1 aliphatic rings. The Bertz CT molecular complexity index is 1100. The topological polar surface area (TPSA) is 58.8 Å². The number of carbonyl (C=O) groups excluding carboxylic acids is 1. The number of nitrogens with zero attached hydrogens (tertiary/aromatic N) is 2. The molecule has 1 atom stereocenters. The minimum absolute atomic E-state index is 0.0126. The normalized spacial score (nSPS) is 15.5. The van der Waals surface area contributed by atoms with Crippen molar-refractivity contribution in [1.82, 2.24) is 9.80 Å². The Morgan fingerprint density at radius 3 is 2.45 bits per heavy atom. The minimum atomic E-state index is -0.551. The summed E-state index contributed by atoms with van der Waals surface area (Å²) >= 11 is 13.9. The molecule has 0 aliphatic carbocycles. The molecule has 1 saturated heterocycles. The Labute approximate surface area is 208 Å². The van der Waals surface area contributed by atoms with E-state index in [9.17, 15) is 4.79 Å². The first-order valence-electron chi connectivity index (χ1n) is 10.9. The molecule has 5 nitrogen and oxygen atoms in total. The summed E-state index contributed by atoms with van der Waals surface area (Å²) in [4.78, 5) is 19.3. The highest BCUT2D eigenvalue weighted by Gasteiger charge is 2.26. The number of benzene rings is 2. The van der Waals surface area contributed by atoms with Crippen LogP contribution in [0.15, 0.2) is 54.6 Å². The van der Waals surface area contributed by atoms with E-state index in [-0.39, 0.29) is 5.91 Å². The van der Waals surface area contributed by atoms with Crippen LogP contribution in [-0.2, 0) is 17.8 Å². The third-order valence-electron chi connectivity index (χ3n) is 5.85. The molecule has 1 fully saturated rings. The van der Waals surface area contributed by atoms with Gasteiger partial charge in [0.15, 0.2) is 0 Å². The molecule has 3 aromatic rings. The number of thiophene rings is 1. The lowest BCUT2D eigenvalue weighted by Crippen LogP contribution is -2.53. The predicted molar refractivity (Wildman–Crippen MR) is 136 cm³/mol. The van der Waals surface area contributed by atoms with Crippen molar-refractivity contribution in [2.75, 3.05) is 33.3 Å². The highest BCUT2D eigenvalue weighted by atomic mass is 35.5. The standard InChI is InChI=1S/C25H27Cl2N3O2S/c1-32-19-5-2-17(3-6-19)16-29-10-12-30(13-11-29)25(31)23(28)15-20-7-9-24(33-20)21-8-4-18(26)14-22(21)27/h2-9,14,23H,10-13,15-16,28H2,1H3. The van der Waals surface area contributed by atoms with E-state index in [1.54, 1.807) is 24.5 Å². The Hall–Kier alpha value is -2.09. The fourth-order valence-electron chi connectivity index (χ4n) is 3.98. The van der Waals surface area contributed by atoms with Crippen molar-refractivity contribution in [3.63, 3.8) is 0 Å². The third kappa shape index (κ3) is 6.08. The monoisotopic (exact) mass is 503 g/mol. The summed E-state index contributed by atoms with van der Waals surface area (Å²) < 4.78 is 5.22. The van der Waals surface area contributed by atoms with Gasteiger partial charge in [0, 0.05) is 59.5 Å². The minimum Gasteiger partial charge on any atom is -0.497 e. The van der Waals surface area contributed by atoms with Crippen LogP contribution >= 0.6 is 34.5 Å². The Morgan fingerprint density at radius 2 is 1.79 bits per heavy atom. The maximum absolute atomic E-state index is 12.9. The van der Waals surface area contributed by atoms with Crippen molar-refractivity contribution in [3.05, 3.63) is 75.1 Å². The van der Waals surface area contributed by atoms with Gasteiger partial charge in [-0.2, -0.15) is 0 Å². The van der Waals surface area contributed by atoms with Gasteiger partial charge in [-0.15, -0.1) is 11.3 Å². The lowest BCUT2D eigenvalue weighted by atomic mass is 10.1. The van der Waals surface area contributed by atoms with E-state index in [0.717, 1.165) is 40.7 Å². The SMILES string of the molecule is COc1ccc(CN2CCN(C(=O)C(N)Cc3ccc(-c4ccc(Cl)cc4Cl)s3)CC2)cc1. The van der Waals surface area contributed by atoms with Crippen LogP contribution in [0, 0.1) is 0 Å². The Kier molecular flexibility index (Phi) is 7.94. The molecule has 0 spiro atoms. The number of rotatable bonds is 7. The molecule has 1 unspecified atom stereocenters. The van der Waals surface area contributed by atoms with Gasteiger partial charge in [0.1, 0.15) is 5.75 Å². The first kappa shape index (κ1) is 24.0. The second kappa shape index (κ2) is 10.9. The molecule has 2 heterocycles. The van der Waals surface area contributed by atoms with Gasteiger partial charge in [0.25, 0.3) is 0 Å². The van der Waals surface area contributed by atoms with E-state index in [1.807, 2.05) is 41.3 Å². The van der Waals surface area contributed by atoms with Crippen molar-refractivity contribution < 1.29 is 9.53 Å². The van der Waals surface area contributed by atoms with Crippen molar-refractivity contribution in [1.29, 1.82) is 0 Å². The number of hydrogen-bond acceptors (Lipinski definition) is 5. The van der Waals surface area contributed by atoms with Crippen LogP contribution in [0.2, 0.25) is 10.0 Å². The van der Waals surface area contributed by atoms with Crippen molar-refractivity contribution >= 4 is 40.4 Å². The number of ether oxygens (including phenoxy) is 1. The summed E-state index contributed by atoms with van der Waals surface area (Å²) in [6.45, 7) is 3.92. The Balaban J connectivity index is 1.29. The quantitative estimate of drug-likeness (QED) is 0.495. The lowest BCUT2D eigenvalue weighted by molar-refractivity contribution is -0.134. The number of hydrogen-bond donors (Lipinski definition) is 1. The van der Waals surface area contributed by atoms with Crippen molar-refractivity contribution in [3.8, 4) is 16.2 Å². The van der Waals surface area contributed by atoms with Crippen LogP contribution < -0.4 is 10.5 Å². The molecule has 8 heteroatoms. The van der Waals surface area contributed by atoms with E-state index < -0.39 is 6.04 Å². The molecule has 1 aromatic heterocycles. The summed E-state index contributed by atoms with van der Waals surface area (Å²) in [7, 11) is 1.67. The fourth-order valence-corrected chi connectivity index (χ4v) is 5.65. The second-order valence-electron chi connectivity index (χ2n) is 8.15. The molecule has 1 aliphatic heterocycles. The van der Waals surface area contributed by atoms with Gasteiger partial charge in [-0.1, -0.05) is 41.4 Å². The van der Waals surface area contributed by atoms with Gasteiger partial charge in [-0.05, 0) is 42.0 Å². The van der Waals surface area contributed by atoms with Crippen LogP contribution in [0.4, 0.5) is 0 Å². The highest BCUT2D eigenvalue weighted by molar-refractivity contribution is 7.15. The zero-order chi connectivity index (χ0) is 23.4. The van der Waals surface area contributed by atoms with Gasteiger partial charge in [-0.25, -0.2) is 0 Å². The van der Waals surface area contributed by atoms with Gasteiger partial charge < -0.3 is 15.4 Å². The number of amides is 1. The van der Waals surface area contributed by atoms with Gasteiger partial charge in [-0.3, -0.25) is 9.69 Å². The maximum atomic E-state index is 12.9. The van der Waals surface area contributed by atoms with Crippen molar-refractivity contribution in [2.24, 2.45) is 5.73 Å². The first-order valence-corrected chi connectivity index (χ1v) is 12.4. The lowest BCUT2D eigenvalue weighted by Gasteiger charge is -2.36. The predicted octanol–water partition coefficient (Wildman–Crippen LogP) is 4.94. The largest absolute Gasteiger partial charge is 0.497 e. The van der Waals surface area contributed by atoms with Gasteiger partial charge in [0.05, 0.1) is 18.2 Å². The van der Waals surface area contributed by atoms with Crippen LogP contribution in [0.3, 0.4) is 0 Å². The number of nitrogens with two attached hydrogens (primary N) is 1. The van der Waals surface area contributed by atoms with Crippen LogP contribution in [0.1, 0.15) is 10.4 Å². The molecule has 0 saturated carbocycles. The third-order valence-corrected chi connectivity index (χ3v) is 7.53. The van der Waals surface area contributed by atoms with Crippen LogP contribution in [-0.4, -0.2) is 55.0 Å². The average molecular weight is 504 g/mol. The molecule has 33 heavy (non-hydrogen) atoms. The zero-order valence-corrected chi connectivity index (χ0v) is 20.8. The summed E-state index contributed by atoms with van der Waals surface area (Å²) in [5.74, 6) is 0.871. The van der Waals surface area contributed by atoms with Gasteiger partial charge in [0.2, 0.25) is 5.91 Å². The zero-order valence-electron chi connectivity index (χ0n) is 18.5. The summed E-state index contributed by atoms with van der Waals surface area (Å²) in [6, 6.07) is 17.1. The fraction of sp³-hybridized carbons (Fsp3) is 0.320. The average Bonchev–Trinajstić information content (AvgIpc) is 3.27. The molecule has 2 aromatic carbocycles. The number of methoxy groups -OCH3 is 1. The molecule has 1 amide bonds. The summed E-state index contributed by atoms with van der Waals surface area (Å²) in [5.41, 5.74) is 8.48. The molecule has 0 radical (unpaired) electrons. The molecular formula is C25H27Cl2N3O2S. The molecule has 174 valence electrons.